The Morgan fingerprint density at radius 2 is 2.00 bits per heavy atom. The van der Waals surface area contributed by atoms with Crippen LogP contribution in [0.5, 0.6) is 0 Å². The zero-order valence-corrected chi connectivity index (χ0v) is 5.94. The quantitative estimate of drug-likeness (QED) is 0.399. The van der Waals surface area contributed by atoms with Gasteiger partial charge in [0.1, 0.15) is 0 Å². The first-order valence-electron chi connectivity index (χ1n) is 1.47. The molecule has 0 aliphatic heterocycles. The average molecular weight is 113 g/mol. The van der Waals surface area contributed by atoms with Gasteiger partial charge in [-0.2, -0.15) is 0 Å². The molecule has 0 rings (SSSR count). The first kappa shape index (κ1) is 9.88. The molecule has 0 N–H and O–H groups in total. The maximum Gasteiger partial charge on any atom is 2.00 e. The number of aliphatic carboxylic acids is 1. The molecule has 0 atom stereocenters. The van der Waals surface area contributed by atoms with E-state index in [2.05, 4.69) is 0 Å². The standard InChI is InChI=1S/C3H6O2.Ca/c1-2-3(4)5;/h2H2,1H3,(H,4,5);/q;+2/p-1. The van der Waals surface area contributed by atoms with Crippen LogP contribution in [0.15, 0.2) is 0 Å². The Balaban J connectivity index is 0. The van der Waals surface area contributed by atoms with E-state index >= 15 is 0 Å². The Hall–Kier alpha value is 0.730. The molecule has 0 bridgehead atoms. The van der Waals surface area contributed by atoms with Crippen LogP contribution in [-0.2, 0) is 4.79 Å². The van der Waals surface area contributed by atoms with Crippen LogP contribution in [0.4, 0.5) is 0 Å². The van der Waals surface area contributed by atoms with Crippen LogP contribution in [0.3, 0.4) is 0 Å². The summed E-state index contributed by atoms with van der Waals surface area (Å²) in [7, 11) is 0. The van der Waals surface area contributed by atoms with Gasteiger partial charge < -0.3 is 9.90 Å². The topological polar surface area (TPSA) is 40.1 Å². The SMILES string of the molecule is CCC(=O)[O-].[Ca+2]. The molecule has 0 aromatic heterocycles. The summed E-state index contributed by atoms with van der Waals surface area (Å²) in [4.78, 5) is 9.26. The molecule has 30 valence electrons. The van der Waals surface area contributed by atoms with Crippen LogP contribution in [0.25, 0.3) is 0 Å². The maximum atomic E-state index is 9.26. The molecule has 0 saturated carbocycles. The average Bonchev–Trinajstić information content (AvgIpc) is 1.38. The molecule has 0 radical (unpaired) electrons. The van der Waals surface area contributed by atoms with E-state index in [1.54, 1.807) is 0 Å². The molecule has 0 heterocycles. The predicted octanol–water partition coefficient (Wildman–Crippen LogP) is -1.23. The first-order chi connectivity index (χ1) is 2.27. The van der Waals surface area contributed by atoms with Crippen molar-refractivity contribution in [1.82, 2.24) is 0 Å². The zero-order valence-electron chi connectivity index (χ0n) is 3.73. The van der Waals surface area contributed by atoms with Gasteiger partial charge in [-0.05, 0) is 6.42 Å². The summed E-state index contributed by atoms with van der Waals surface area (Å²) in [6, 6.07) is 0. The predicted molar refractivity (Wildman–Crippen MR) is 21.1 cm³/mol. The molecule has 0 spiro atoms. The van der Waals surface area contributed by atoms with E-state index < -0.39 is 5.97 Å². The number of hydrogen-bond acceptors (Lipinski definition) is 2. The van der Waals surface area contributed by atoms with E-state index in [-0.39, 0.29) is 44.2 Å². The third-order valence-electron chi connectivity index (χ3n) is 0.289. The summed E-state index contributed by atoms with van der Waals surface area (Å²) in [6.07, 6.45) is 0.111. The van der Waals surface area contributed by atoms with Gasteiger partial charge in [0.05, 0.1) is 0 Å². The van der Waals surface area contributed by atoms with Crippen molar-refractivity contribution in [1.29, 1.82) is 0 Å². The van der Waals surface area contributed by atoms with Crippen LogP contribution in [0, 0.1) is 0 Å². The number of carboxylic acids is 1. The summed E-state index contributed by atoms with van der Waals surface area (Å²) >= 11 is 0. The van der Waals surface area contributed by atoms with Gasteiger partial charge in [0, 0.05) is 5.97 Å². The Labute approximate surface area is 66.5 Å². The summed E-state index contributed by atoms with van der Waals surface area (Å²) < 4.78 is 0. The molecule has 0 aromatic rings. The van der Waals surface area contributed by atoms with Gasteiger partial charge in [-0.25, -0.2) is 0 Å². The molecule has 6 heavy (non-hydrogen) atoms. The number of hydrogen-bond donors (Lipinski definition) is 0. The summed E-state index contributed by atoms with van der Waals surface area (Å²) in [5.74, 6) is -0.995. The van der Waals surface area contributed by atoms with Crippen molar-refractivity contribution in [2.75, 3.05) is 0 Å². The normalized spacial score (nSPS) is 6.17. The van der Waals surface area contributed by atoms with Crippen LogP contribution in [0.1, 0.15) is 13.3 Å². The molecular formula is C3H5CaO2+. The first-order valence-corrected chi connectivity index (χ1v) is 1.47. The van der Waals surface area contributed by atoms with E-state index in [1.807, 2.05) is 0 Å². The van der Waals surface area contributed by atoms with Crippen LogP contribution in [-0.4, -0.2) is 43.7 Å². The number of carbonyl (C=O) groups is 1. The van der Waals surface area contributed by atoms with E-state index in [0.717, 1.165) is 0 Å². The van der Waals surface area contributed by atoms with Crippen molar-refractivity contribution >= 4 is 43.7 Å². The molecular weight excluding hydrogens is 108 g/mol. The smallest absolute Gasteiger partial charge is 0.550 e. The zero-order chi connectivity index (χ0) is 4.28. The van der Waals surface area contributed by atoms with Crippen LogP contribution in [0.2, 0.25) is 0 Å². The third kappa shape index (κ3) is 8.83. The fourth-order valence-electron chi connectivity index (χ4n) is 0. The van der Waals surface area contributed by atoms with Crippen molar-refractivity contribution in [3.63, 3.8) is 0 Å². The largest absolute Gasteiger partial charge is 2.00 e. The molecule has 0 amide bonds. The van der Waals surface area contributed by atoms with Gasteiger partial charge in [0.2, 0.25) is 0 Å². The Morgan fingerprint density at radius 1 is 1.83 bits per heavy atom. The van der Waals surface area contributed by atoms with Gasteiger partial charge in [-0.1, -0.05) is 6.92 Å². The molecule has 3 heteroatoms. The number of carbonyl (C=O) groups excluding carboxylic acids is 1. The maximum absolute atomic E-state index is 9.26. The molecule has 0 aromatic carbocycles. The minimum atomic E-state index is -0.995. The van der Waals surface area contributed by atoms with Gasteiger partial charge in [-0.15, -0.1) is 0 Å². The van der Waals surface area contributed by atoms with Crippen molar-refractivity contribution < 1.29 is 9.90 Å². The van der Waals surface area contributed by atoms with Crippen LogP contribution < -0.4 is 5.11 Å². The summed E-state index contributed by atoms with van der Waals surface area (Å²) in [5, 5.41) is 9.26. The van der Waals surface area contributed by atoms with Gasteiger partial charge in [0.25, 0.3) is 0 Å². The van der Waals surface area contributed by atoms with E-state index in [0.29, 0.717) is 0 Å². The second-order valence-corrected chi connectivity index (χ2v) is 0.726. The molecule has 0 aliphatic rings. The molecule has 0 aliphatic carbocycles. The minimum Gasteiger partial charge on any atom is -0.550 e. The summed E-state index contributed by atoms with van der Waals surface area (Å²) in [5.41, 5.74) is 0. The van der Waals surface area contributed by atoms with E-state index in [1.165, 1.54) is 6.92 Å². The Bertz CT molecular complexity index is 44.1. The fourth-order valence-corrected chi connectivity index (χ4v) is 0. The van der Waals surface area contributed by atoms with Crippen molar-refractivity contribution in [2.24, 2.45) is 0 Å². The van der Waals surface area contributed by atoms with Crippen molar-refractivity contribution in [3.05, 3.63) is 0 Å². The molecule has 0 saturated heterocycles. The molecule has 2 nitrogen and oxygen atoms in total. The molecule has 0 fully saturated rings. The van der Waals surface area contributed by atoms with Gasteiger partial charge in [0.15, 0.2) is 0 Å². The Morgan fingerprint density at radius 3 is 2.00 bits per heavy atom. The number of carboxylic acid groups (broad SMARTS) is 1. The fraction of sp³-hybridized carbons (Fsp3) is 0.667. The number of rotatable bonds is 1. The van der Waals surface area contributed by atoms with Gasteiger partial charge >= 0.3 is 37.7 Å². The van der Waals surface area contributed by atoms with Crippen molar-refractivity contribution in [2.45, 2.75) is 13.3 Å². The van der Waals surface area contributed by atoms with E-state index in [4.69, 9.17) is 0 Å². The second-order valence-electron chi connectivity index (χ2n) is 0.726. The van der Waals surface area contributed by atoms with Gasteiger partial charge in [-0.3, -0.25) is 0 Å². The Kier molecular flexibility index (Phi) is 9.43. The van der Waals surface area contributed by atoms with Crippen molar-refractivity contribution in [3.8, 4) is 0 Å². The second kappa shape index (κ2) is 5.73. The monoisotopic (exact) mass is 113 g/mol. The molecule has 0 unspecified atom stereocenters. The third-order valence-corrected chi connectivity index (χ3v) is 0.289. The van der Waals surface area contributed by atoms with E-state index in [9.17, 15) is 9.90 Å². The van der Waals surface area contributed by atoms with Crippen LogP contribution >= 0.6 is 0 Å². The minimum absolute atomic E-state index is 0. The summed E-state index contributed by atoms with van der Waals surface area (Å²) in [6.45, 7) is 1.54.